The number of benzene rings is 1. The van der Waals surface area contributed by atoms with Crippen LogP contribution in [0, 0.1) is 0 Å². The largest absolute Gasteiger partial charge is 0.467 e. The van der Waals surface area contributed by atoms with E-state index in [9.17, 15) is 9.59 Å². The molecule has 3 rings (SSSR count). The van der Waals surface area contributed by atoms with Gasteiger partial charge in [-0.3, -0.25) is 4.79 Å². The van der Waals surface area contributed by atoms with Gasteiger partial charge in [-0.1, -0.05) is 30.3 Å². The molecule has 6 heteroatoms. The lowest BCUT2D eigenvalue weighted by Crippen LogP contribution is -2.52. The Balaban J connectivity index is 0.00000208. The van der Waals surface area contributed by atoms with Crippen LogP contribution in [-0.4, -0.2) is 41.5 Å². The molecule has 5 nitrogen and oxygen atoms in total. The second-order valence-corrected chi connectivity index (χ2v) is 6.67. The lowest BCUT2D eigenvalue weighted by Gasteiger charge is -2.32. The van der Waals surface area contributed by atoms with Gasteiger partial charge in [0, 0.05) is 18.5 Å². The summed E-state index contributed by atoms with van der Waals surface area (Å²) in [6.07, 6.45) is 4.12. The monoisotopic (exact) mass is 352 g/mol. The van der Waals surface area contributed by atoms with Crippen molar-refractivity contribution in [2.75, 3.05) is 7.11 Å². The Labute approximate surface area is 148 Å². The maximum Gasteiger partial charge on any atom is 0.331 e. The highest BCUT2D eigenvalue weighted by atomic mass is 35.5. The Morgan fingerprint density at radius 2 is 1.92 bits per heavy atom. The molecule has 1 aromatic rings. The van der Waals surface area contributed by atoms with Crippen LogP contribution in [0.15, 0.2) is 30.3 Å². The van der Waals surface area contributed by atoms with Gasteiger partial charge in [-0.2, -0.15) is 0 Å². The molecule has 1 aromatic carbocycles. The van der Waals surface area contributed by atoms with E-state index in [1.54, 1.807) is 4.90 Å². The van der Waals surface area contributed by atoms with Crippen molar-refractivity contribution in [3.8, 4) is 0 Å². The van der Waals surface area contributed by atoms with E-state index in [2.05, 4.69) is 0 Å². The molecule has 1 amide bonds. The first-order valence-electron chi connectivity index (χ1n) is 8.27. The molecule has 0 aliphatic carbocycles. The zero-order chi connectivity index (χ0) is 16.4. The fourth-order valence-electron chi connectivity index (χ4n) is 4.18. The van der Waals surface area contributed by atoms with E-state index in [1.807, 2.05) is 30.3 Å². The van der Waals surface area contributed by atoms with Crippen molar-refractivity contribution in [2.24, 2.45) is 5.73 Å². The number of carbonyl (C=O) groups is 2. The van der Waals surface area contributed by atoms with E-state index in [1.165, 1.54) is 7.11 Å². The minimum atomic E-state index is -0.733. The first-order valence-corrected chi connectivity index (χ1v) is 8.27. The van der Waals surface area contributed by atoms with Gasteiger partial charge in [0.05, 0.1) is 7.11 Å². The van der Waals surface area contributed by atoms with E-state index >= 15 is 0 Å². The summed E-state index contributed by atoms with van der Waals surface area (Å²) in [5, 5.41) is 0. The summed E-state index contributed by atoms with van der Waals surface area (Å²) in [7, 11) is 1.40. The molecule has 2 fully saturated rings. The van der Waals surface area contributed by atoms with E-state index in [-0.39, 0.29) is 42.8 Å². The quantitative estimate of drug-likeness (QED) is 0.823. The van der Waals surface area contributed by atoms with Crippen LogP contribution in [0.1, 0.15) is 37.7 Å². The number of ether oxygens (including phenoxy) is 1. The molecule has 1 atom stereocenters. The van der Waals surface area contributed by atoms with Crippen molar-refractivity contribution in [3.63, 3.8) is 0 Å². The minimum Gasteiger partial charge on any atom is -0.467 e. The molecule has 0 saturated carbocycles. The Kier molecular flexibility index (Phi) is 5.88. The fraction of sp³-hybridized carbons (Fsp3) is 0.556. The third-order valence-electron chi connectivity index (χ3n) is 5.22. The molecule has 1 unspecified atom stereocenters. The molecule has 0 radical (unpaired) electrons. The zero-order valence-corrected chi connectivity index (χ0v) is 14.8. The first-order chi connectivity index (χ1) is 11.1. The van der Waals surface area contributed by atoms with Crippen LogP contribution >= 0.6 is 12.4 Å². The second-order valence-electron chi connectivity index (χ2n) is 6.67. The third-order valence-corrected chi connectivity index (χ3v) is 5.22. The number of amides is 1. The number of esters is 1. The van der Waals surface area contributed by atoms with E-state index in [0.29, 0.717) is 19.3 Å². The van der Waals surface area contributed by atoms with Crippen molar-refractivity contribution in [2.45, 2.75) is 56.1 Å². The maximum atomic E-state index is 12.8. The van der Waals surface area contributed by atoms with Crippen molar-refractivity contribution in [1.29, 1.82) is 0 Å². The number of nitrogens with zero attached hydrogens (tertiary/aromatic N) is 1. The number of hydrogen-bond donors (Lipinski definition) is 1. The average molecular weight is 353 g/mol. The summed E-state index contributed by atoms with van der Waals surface area (Å²) < 4.78 is 4.97. The molecule has 0 aromatic heterocycles. The summed E-state index contributed by atoms with van der Waals surface area (Å²) in [6.45, 7) is 0. The van der Waals surface area contributed by atoms with Crippen LogP contribution in [0.3, 0.4) is 0 Å². The van der Waals surface area contributed by atoms with Crippen molar-refractivity contribution >= 4 is 24.3 Å². The molecule has 2 N–H and O–H groups in total. The van der Waals surface area contributed by atoms with Gasteiger partial charge in [0.15, 0.2) is 0 Å². The highest BCUT2D eigenvalue weighted by Gasteiger charge is 2.59. The van der Waals surface area contributed by atoms with E-state index in [0.717, 1.165) is 18.4 Å². The van der Waals surface area contributed by atoms with E-state index in [4.69, 9.17) is 10.5 Å². The number of hydrogen-bond acceptors (Lipinski definition) is 4. The number of fused-ring (bicyclic) bond motifs is 2. The van der Waals surface area contributed by atoms with Gasteiger partial charge >= 0.3 is 5.97 Å². The molecular formula is C18H25ClN2O3. The van der Waals surface area contributed by atoms with Crippen LogP contribution < -0.4 is 5.73 Å². The van der Waals surface area contributed by atoms with Gasteiger partial charge in [-0.25, -0.2) is 4.79 Å². The standard InChI is InChI=1S/C18H24N2O3.ClH/c1-23-17(22)18-9-7-15(8-10-18)20(18)16(21)12-14(19)11-13-5-3-2-4-6-13;/h2-6,14-15H,7-12,19H2,1H3;1H. The van der Waals surface area contributed by atoms with Crippen LogP contribution in [0.2, 0.25) is 0 Å². The number of rotatable bonds is 5. The summed E-state index contributed by atoms with van der Waals surface area (Å²) >= 11 is 0. The molecule has 2 aliphatic rings. The molecule has 2 aliphatic heterocycles. The van der Waals surface area contributed by atoms with Gasteiger partial charge in [0.25, 0.3) is 0 Å². The van der Waals surface area contributed by atoms with E-state index < -0.39 is 5.54 Å². The third kappa shape index (κ3) is 3.28. The summed E-state index contributed by atoms with van der Waals surface area (Å²) in [4.78, 5) is 26.8. The molecule has 24 heavy (non-hydrogen) atoms. The van der Waals surface area contributed by atoms with Gasteiger partial charge in [0.1, 0.15) is 5.54 Å². The Bertz CT molecular complexity index is 585. The molecule has 2 heterocycles. The summed E-state index contributed by atoms with van der Waals surface area (Å²) in [5.74, 6) is -0.290. The van der Waals surface area contributed by atoms with Crippen LogP contribution in [-0.2, 0) is 20.7 Å². The minimum absolute atomic E-state index is 0. The topological polar surface area (TPSA) is 72.6 Å². The zero-order valence-electron chi connectivity index (χ0n) is 13.9. The average Bonchev–Trinajstić information content (AvgIpc) is 3.11. The maximum absolute atomic E-state index is 12.8. The lowest BCUT2D eigenvalue weighted by molar-refractivity contribution is -0.158. The Morgan fingerprint density at radius 1 is 1.29 bits per heavy atom. The van der Waals surface area contributed by atoms with Crippen molar-refractivity contribution in [1.82, 2.24) is 4.90 Å². The SMILES string of the molecule is COC(=O)C12CCC(CC1)N2C(=O)CC(N)Cc1ccccc1.Cl. The fourth-order valence-corrected chi connectivity index (χ4v) is 4.18. The second kappa shape index (κ2) is 7.53. The van der Waals surface area contributed by atoms with Gasteiger partial charge in [0.2, 0.25) is 5.91 Å². The Morgan fingerprint density at radius 3 is 2.50 bits per heavy atom. The Hall–Kier alpha value is -1.59. The predicted molar refractivity (Wildman–Crippen MR) is 93.8 cm³/mol. The molecular weight excluding hydrogens is 328 g/mol. The van der Waals surface area contributed by atoms with Crippen LogP contribution in [0.25, 0.3) is 0 Å². The smallest absolute Gasteiger partial charge is 0.331 e. The number of carbonyl (C=O) groups excluding carboxylic acids is 2. The van der Waals surface area contributed by atoms with Gasteiger partial charge in [-0.15, -0.1) is 12.4 Å². The highest BCUT2D eigenvalue weighted by molar-refractivity contribution is 5.90. The highest BCUT2D eigenvalue weighted by Crippen LogP contribution is 2.47. The van der Waals surface area contributed by atoms with Gasteiger partial charge in [-0.05, 0) is 37.7 Å². The van der Waals surface area contributed by atoms with Crippen LogP contribution in [0.4, 0.5) is 0 Å². The number of methoxy groups -OCH3 is 1. The number of halogens is 1. The van der Waals surface area contributed by atoms with Crippen molar-refractivity contribution < 1.29 is 14.3 Å². The summed E-state index contributed by atoms with van der Waals surface area (Å²) in [5.41, 5.74) is 6.57. The van der Waals surface area contributed by atoms with Crippen molar-refractivity contribution in [3.05, 3.63) is 35.9 Å². The predicted octanol–water partition coefficient (Wildman–Crippen LogP) is 2.06. The van der Waals surface area contributed by atoms with Gasteiger partial charge < -0.3 is 15.4 Å². The number of nitrogens with two attached hydrogens (primary N) is 1. The normalized spacial score (nSPS) is 25.9. The summed E-state index contributed by atoms with van der Waals surface area (Å²) in [6, 6.07) is 9.86. The molecule has 0 spiro atoms. The molecule has 2 saturated heterocycles. The molecule has 132 valence electrons. The lowest BCUT2D eigenvalue weighted by atomic mass is 9.88. The first kappa shape index (κ1) is 18.7. The molecule has 2 bridgehead atoms. The van der Waals surface area contributed by atoms with Crippen LogP contribution in [0.5, 0.6) is 0 Å².